The highest BCUT2D eigenvalue weighted by atomic mass is 16.5. The zero-order valence-electron chi connectivity index (χ0n) is 13.5. The van der Waals surface area contributed by atoms with Crippen LogP contribution in [0.3, 0.4) is 0 Å². The van der Waals surface area contributed by atoms with Gasteiger partial charge in [-0.05, 0) is 36.2 Å². The molecule has 2 aromatic carbocycles. The van der Waals surface area contributed by atoms with E-state index in [-0.39, 0.29) is 11.1 Å². The zero-order valence-corrected chi connectivity index (χ0v) is 13.5. The van der Waals surface area contributed by atoms with Crippen LogP contribution in [0.25, 0.3) is 0 Å². The Hall–Kier alpha value is -3.02. The van der Waals surface area contributed by atoms with Crippen molar-refractivity contribution in [1.29, 1.82) is 0 Å². The van der Waals surface area contributed by atoms with Gasteiger partial charge in [0, 0.05) is 6.54 Å². The number of methoxy groups -OCH3 is 2. The van der Waals surface area contributed by atoms with Crippen LogP contribution in [0.2, 0.25) is 0 Å². The lowest BCUT2D eigenvalue weighted by atomic mass is 10.1. The molecule has 126 valence electrons. The summed E-state index contributed by atoms with van der Waals surface area (Å²) >= 11 is 0. The first-order chi connectivity index (χ1) is 11.6. The Morgan fingerprint density at radius 1 is 1.00 bits per heavy atom. The van der Waals surface area contributed by atoms with Crippen LogP contribution >= 0.6 is 0 Å². The van der Waals surface area contributed by atoms with Gasteiger partial charge in [-0.1, -0.05) is 18.2 Å². The van der Waals surface area contributed by atoms with E-state index in [0.717, 1.165) is 5.56 Å². The number of carbonyl (C=O) groups excluding carboxylic acids is 1. The number of nitrogens with one attached hydrogen (secondary N) is 1. The highest BCUT2D eigenvalue weighted by molar-refractivity contribution is 6.04. The Labute approximate surface area is 140 Å². The summed E-state index contributed by atoms with van der Waals surface area (Å²) in [5, 5.41) is 11.9. The third-order valence-corrected chi connectivity index (χ3v) is 3.55. The highest BCUT2D eigenvalue weighted by Gasteiger charge is 2.15. The molecule has 0 aliphatic heterocycles. The predicted octanol–water partition coefficient (Wildman–Crippen LogP) is 2.37. The maximum atomic E-state index is 12.2. The first kappa shape index (κ1) is 17.3. The van der Waals surface area contributed by atoms with Crippen molar-refractivity contribution in [2.24, 2.45) is 0 Å². The van der Waals surface area contributed by atoms with Crippen LogP contribution in [-0.2, 0) is 6.42 Å². The second-order valence-electron chi connectivity index (χ2n) is 5.05. The summed E-state index contributed by atoms with van der Waals surface area (Å²) in [4.78, 5) is 23.3. The Morgan fingerprint density at radius 2 is 1.67 bits per heavy atom. The Balaban J connectivity index is 2.00. The van der Waals surface area contributed by atoms with Crippen LogP contribution in [0, 0.1) is 0 Å². The summed E-state index contributed by atoms with van der Waals surface area (Å²) in [5.41, 5.74) is 1.11. The molecule has 0 aliphatic rings. The maximum absolute atomic E-state index is 12.2. The highest BCUT2D eigenvalue weighted by Crippen LogP contribution is 2.27. The second kappa shape index (κ2) is 8.01. The topological polar surface area (TPSA) is 84.9 Å². The molecule has 0 bridgehead atoms. The van der Waals surface area contributed by atoms with E-state index >= 15 is 0 Å². The third kappa shape index (κ3) is 4.04. The van der Waals surface area contributed by atoms with Crippen LogP contribution in [0.5, 0.6) is 11.5 Å². The fraction of sp³-hybridized carbons (Fsp3) is 0.222. The molecular formula is C18H19NO5. The minimum atomic E-state index is -1.12. The molecule has 0 fully saturated rings. The molecule has 0 saturated heterocycles. The maximum Gasteiger partial charge on any atom is 0.336 e. The molecule has 0 atom stereocenters. The average Bonchev–Trinajstić information content (AvgIpc) is 2.61. The minimum absolute atomic E-state index is 0.0129. The Morgan fingerprint density at radius 3 is 2.29 bits per heavy atom. The average molecular weight is 329 g/mol. The molecule has 2 aromatic rings. The third-order valence-electron chi connectivity index (χ3n) is 3.55. The summed E-state index contributed by atoms with van der Waals surface area (Å²) < 4.78 is 10.4. The molecule has 24 heavy (non-hydrogen) atoms. The standard InChI is InChI=1S/C18H19NO5/c1-23-15-8-7-12(11-16(15)24-2)9-10-19-17(20)13-5-3-4-6-14(13)18(21)22/h3-8,11H,9-10H2,1-2H3,(H,19,20)(H,21,22). The van der Waals surface area contributed by atoms with Gasteiger partial charge in [-0.25, -0.2) is 4.79 Å². The van der Waals surface area contributed by atoms with Gasteiger partial charge in [0.25, 0.3) is 5.91 Å². The van der Waals surface area contributed by atoms with Crippen molar-refractivity contribution in [3.8, 4) is 11.5 Å². The van der Waals surface area contributed by atoms with Crippen molar-refractivity contribution in [3.05, 3.63) is 59.2 Å². The van der Waals surface area contributed by atoms with Crippen LogP contribution in [0.1, 0.15) is 26.3 Å². The van der Waals surface area contributed by atoms with E-state index in [1.54, 1.807) is 32.4 Å². The summed E-state index contributed by atoms with van der Waals surface area (Å²) in [6.07, 6.45) is 0.585. The summed E-state index contributed by atoms with van der Waals surface area (Å²) in [7, 11) is 3.13. The van der Waals surface area contributed by atoms with Gasteiger partial charge in [-0.15, -0.1) is 0 Å². The van der Waals surface area contributed by atoms with Crippen LogP contribution < -0.4 is 14.8 Å². The van der Waals surface area contributed by atoms with E-state index < -0.39 is 11.9 Å². The first-order valence-electron chi connectivity index (χ1n) is 7.38. The van der Waals surface area contributed by atoms with Crippen molar-refractivity contribution in [2.45, 2.75) is 6.42 Å². The molecular weight excluding hydrogens is 310 g/mol. The number of hydrogen-bond donors (Lipinski definition) is 2. The van der Waals surface area contributed by atoms with Crippen molar-refractivity contribution >= 4 is 11.9 Å². The first-order valence-corrected chi connectivity index (χ1v) is 7.38. The van der Waals surface area contributed by atoms with Crippen molar-refractivity contribution in [1.82, 2.24) is 5.32 Å². The molecule has 6 nitrogen and oxygen atoms in total. The fourth-order valence-corrected chi connectivity index (χ4v) is 2.32. The number of aromatic carboxylic acids is 1. The van der Waals surface area contributed by atoms with Crippen molar-refractivity contribution in [3.63, 3.8) is 0 Å². The fourth-order valence-electron chi connectivity index (χ4n) is 2.32. The molecule has 2 N–H and O–H groups in total. The van der Waals surface area contributed by atoms with E-state index in [9.17, 15) is 9.59 Å². The van der Waals surface area contributed by atoms with Crippen LogP contribution in [0.4, 0.5) is 0 Å². The van der Waals surface area contributed by atoms with Crippen molar-refractivity contribution < 1.29 is 24.2 Å². The van der Waals surface area contributed by atoms with Gasteiger partial charge in [-0.3, -0.25) is 4.79 Å². The predicted molar refractivity (Wildman–Crippen MR) is 89.0 cm³/mol. The lowest BCUT2D eigenvalue weighted by Gasteiger charge is -2.10. The number of rotatable bonds is 7. The smallest absolute Gasteiger partial charge is 0.336 e. The second-order valence-corrected chi connectivity index (χ2v) is 5.05. The number of benzene rings is 2. The summed E-state index contributed by atoms with van der Waals surface area (Å²) in [5.74, 6) is -0.271. The molecule has 0 radical (unpaired) electrons. The van der Waals surface area contributed by atoms with Gasteiger partial charge in [-0.2, -0.15) is 0 Å². The molecule has 0 saturated carbocycles. The summed E-state index contributed by atoms with van der Waals surface area (Å²) in [6.45, 7) is 0.377. The number of carboxylic acids is 1. The SMILES string of the molecule is COc1ccc(CCNC(=O)c2ccccc2C(=O)O)cc1OC. The minimum Gasteiger partial charge on any atom is -0.493 e. The van der Waals surface area contributed by atoms with E-state index in [4.69, 9.17) is 14.6 Å². The quantitative estimate of drug-likeness (QED) is 0.814. The van der Waals surface area contributed by atoms with Gasteiger partial charge >= 0.3 is 5.97 Å². The van der Waals surface area contributed by atoms with Gasteiger partial charge in [0.1, 0.15) is 0 Å². The lowest BCUT2D eigenvalue weighted by Crippen LogP contribution is -2.27. The van der Waals surface area contributed by atoms with Gasteiger partial charge in [0.05, 0.1) is 25.3 Å². The monoisotopic (exact) mass is 329 g/mol. The number of amides is 1. The van der Waals surface area contributed by atoms with Crippen LogP contribution in [0.15, 0.2) is 42.5 Å². The number of carbonyl (C=O) groups is 2. The normalized spacial score (nSPS) is 10.1. The van der Waals surface area contributed by atoms with E-state index in [2.05, 4.69) is 5.32 Å². The van der Waals surface area contributed by atoms with Gasteiger partial charge < -0.3 is 19.9 Å². The van der Waals surface area contributed by atoms with E-state index in [1.807, 2.05) is 12.1 Å². The van der Waals surface area contributed by atoms with Crippen LogP contribution in [-0.4, -0.2) is 37.7 Å². The number of carboxylic acid groups (broad SMARTS) is 1. The van der Waals surface area contributed by atoms with Gasteiger partial charge in [0.2, 0.25) is 0 Å². The zero-order chi connectivity index (χ0) is 17.5. The number of ether oxygens (including phenoxy) is 2. The number of hydrogen-bond acceptors (Lipinski definition) is 4. The van der Waals surface area contributed by atoms with E-state index in [0.29, 0.717) is 24.5 Å². The molecule has 6 heteroatoms. The molecule has 1 amide bonds. The molecule has 0 heterocycles. The molecule has 0 aliphatic carbocycles. The van der Waals surface area contributed by atoms with E-state index in [1.165, 1.54) is 12.1 Å². The Bertz CT molecular complexity index is 742. The Kier molecular flexibility index (Phi) is 5.78. The van der Waals surface area contributed by atoms with Crippen molar-refractivity contribution in [2.75, 3.05) is 20.8 Å². The lowest BCUT2D eigenvalue weighted by molar-refractivity contribution is 0.0691. The summed E-state index contributed by atoms with van der Waals surface area (Å²) in [6, 6.07) is 11.7. The molecule has 2 rings (SSSR count). The molecule has 0 spiro atoms. The van der Waals surface area contributed by atoms with Gasteiger partial charge in [0.15, 0.2) is 11.5 Å². The largest absolute Gasteiger partial charge is 0.493 e. The molecule has 0 unspecified atom stereocenters. The molecule has 0 aromatic heterocycles.